The third-order valence-electron chi connectivity index (χ3n) is 2.49. The van der Waals surface area contributed by atoms with Gasteiger partial charge in [0, 0.05) is 14.6 Å². The standard InChI is InChI=1S/C14H13Br2NO/c15-12-3-1-2-10(6-12)8-18-9-11-4-5-13(16)14(17)7-11/h1-7H,8-9,17H2. The molecule has 0 aliphatic heterocycles. The van der Waals surface area contributed by atoms with Crippen LogP contribution in [0.5, 0.6) is 0 Å². The second-order valence-corrected chi connectivity index (χ2v) is 5.75. The fourth-order valence-electron chi connectivity index (χ4n) is 1.60. The molecule has 0 saturated heterocycles. The maximum Gasteiger partial charge on any atom is 0.0722 e. The van der Waals surface area contributed by atoms with Gasteiger partial charge in [0.25, 0.3) is 0 Å². The monoisotopic (exact) mass is 369 g/mol. The van der Waals surface area contributed by atoms with Crippen LogP contribution in [0.25, 0.3) is 0 Å². The zero-order valence-electron chi connectivity index (χ0n) is 9.70. The zero-order valence-corrected chi connectivity index (χ0v) is 12.9. The smallest absolute Gasteiger partial charge is 0.0722 e. The number of hydrogen-bond acceptors (Lipinski definition) is 2. The number of hydrogen-bond donors (Lipinski definition) is 1. The molecule has 4 heteroatoms. The lowest BCUT2D eigenvalue weighted by molar-refractivity contribution is 0.107. The Morgan fingerprint density at radius 3 is 2.33 bits per heavy atom. The highest BCUT2D eigenvalue weighted by Gasteiger charge is 1.99. The van der Waals surface area contributed by atoms with Gasteiger partial charge in [-0.15, -0.1) is 0 Å². The molecule has 0 radical (unpaired) electrons. The van der Waals surface area contributed by atoms with Crippen molar-refractivity contribution in [3.63, 3.8) is 0 Å². The van der Waals surface area contributed by atoms with Crippen molar-refractivity contribution in [1.29, 1.82) is 0 Å². The first-order valence-corrected chi connectivity index (χ1v) is 7.10. The van der Waals surface area contributed by atoms with Gasteiger partial charge in [-0.1, -0.05) is 34.1 Å². The fraction of sp³-hybridized carbons (Fsp3) is 0.143. The van der Waals surface area contributed by atoms with Gasteiger partial charge in [-0.2, -0.15) is 0 Å². The highest BCUT2D eigenvalue weighted by Crippen LogP contribution is 2.21. The van der Waals surface area contributed by atoms with Crippen molar-refractivity contribution in [2.75, 3.05) is 5.73 Å². The Balaban J connectivity index is 1.90. The van der Waals surface area contributed by atoms with E-state index in [2.05, 4.69) is 37.9 Å². The maximum absolute atomic E-state index is 5.81. The quantitative estimate of drug-likeness (QED) is 0.803. The van der Waals surface area contributed by atoms with Crippen LogP contribution in [-0.4, -0.2) is 0 Å². The molecule has 94 valence electrons. The van der Waals surface area contributed by atoms with Gasteiger partial charge in [0.05, 0.1) is 13.2 Å². The second-order valence-electron chi connectivity index (χ2n) is 3.98. The summed E-state index contributed by atoms with van der Waals surface area (Å²) in [6.45, 7) is 1.15. The molecule has 2 aromatic carbocycles. The number of halogens is 2. The lowest BCUT2D eigenvalue weighted by Gasteiger charge is -2.06. The molecule has 2 N–H and O–H groups in total. The van der Waals surface area contributed by atoms with E-state index in [0.29, 0.717) is 13.2 Å². The average Bonchev–Trinajstić information content (AvgIpc) is 2.34. The maximum atomic E-state index is 5.81. The Kier molecular flexibility index (Phi) is 4.80. The number of benzene rings is 2. The molecule has 0 aliphatic carbocycles. The number of nitrogens with two attached hydrogens (primary N) is 1. The van der Waals surface area contributed by atoms with E-state index in [4.69, 9.17) is 10.5 Å². The van der Waals surface area contributed by atoms with E-state index < -0.39 is 0 Å². The Morgan fingerprint density at radius 2 is 1.67 bits per heavy atom. The van der Waals surface area contributed by atoms with E-state index in [1.54, 1.807) is 0 Å². The van der Waals surface area contributed by atoms with Crippen LogP contribution in [0.15, 0.2) is 51.4 Å². The number of rotatable bonds is 4. The van der Waals surface area contributed by atoms with Crippen LogP contribution >= 0.6 is 31.9 Å². The molecule has 2 nitrogen and oxygen atoms in total. The summed E-state index contributed by atoms with van der Waals surface area (Å²) < 4.78 is 7.65. The molecule has 0 aromatic heterocycles. The molecular formula is C14H13Br2NO. The van der Waals surface area contributed by atoms with Crippen LogP contribution in [-0.2, 0) is 18.0 Å². The number of anilines is 1. The summed E-state index contributed by atoms with van der Waals surface area (Å²) in [7, 11) is 0. The van der Waals surface area contributed by atoms with E-state index in [1.807, 2.05) is 36.4 Å². The number of nitrogen functional groups attached to an aromatic ring is 1. The molecule has 0 aliphatic rings. The van der Waals surface area contributed by atoms with Gasteiger partial charge < -0.3 is 10.5 Å². The highest BCUT2D eigenvalue weighted by molar-refractivity contribution is 9.10. The van der Waals surface area contributed by atoms with Crippen molar-refractivity contribution in [3.05, 3.63) is 62.5 Å². The van der Waals surface area contributed by atoms with E-state index >= 15 is 0 Å². The van der Waals surface area contributed by atoms with Crippen LogP contribution in [0.4, 0.5) is 5.69 Å². The van der Waals surface area contributed by atoms with Gasteiger partial charge in [-0.25, -0.2) is 0 Å². The summed E-state index contributed by atoms with van der Waals surface area (Å²) in [4.78, 5) is 0. The minimum Gasteiger partial charge on any atom is -0.398 e. The molecule has 2 aromatic rings. The molecule has 0 fully saturated rings. The largest absolute Gasteiger partial charge is 0.398 e. The van der Waals surface area contributed by atoms with Crippen molar-refractivity contribution in [2.24, 2.45) is 0 Å². The Labute approximate surface area is 123 Å². The molecule has 0 amide bonds. The third-order valence-corrected chi connectivity index (χ3v) is 3.70. The minimum atomic E-state index is 0.560. The Hall–Kier alpha value is -0.840. The normalized spacial score (nSPS) is 10.6. The van der Waals surface area contributed by atoms with Gasteiger partial charge >= 0.3 is 0 Å². The first-order valence-electron chi connectivity index (χ1n) is 5.51. The van der Waals surface area contributed by atoms with Crippen molar-refractivity contribution in [1.82, 2.24) is 0 Å². The lowest BCUT2D eigenvalue weighted by atomic mass is 10.2. The summed E-state index contributed by atoms with van der Waals surface area (Å²) in [5.74, 6) is 0. The Bertz CT molecular complexity index is 543. The predicted molar refractivity (Wildman–Crippen MR) is 81.2 cm³/mol. The highest BCUT2D eigenvalue weighted by atomic mass is 79.9. The molecule has 0 atom stereocenters. The van der Waals surface area contributed by atoms with Crippen LogP contribution in [0.3, 0.4) is 0 Å². The minimum absolute atomic E-state index is 0.560. The SMILES string of the molecule is Nc1cc(COCc2cccc(Br)c2)ccc1Br. The molecule has 0 saturated carbocycles. The van der Waals surface area contributed by atoms with Gasteiger partial charge in [0.2, 0.25) is 0 Å². The molecular weight excluding hydrogens is 358 g/mol. The molecule has 0 heterocycles. The first kappa shape index (κ1) is 13.6. The Morgan fingerprint density at radius 1 is 0.944 bits per heavy atom. The van der Waals surface area contributed by atoms with Gasteiger partial charge in [-0.05, 0) is 51.3 Å². The van der Waals surface area contributed by atoms with Crippen molar-refractivity contribution in [2.45, 2.75) is 13.2 Å². The summed E-state index contributed by atoms with van der Waals surface area (Å²) in [5.41, 5.74) is 8.77. The van der Waals surface area contributed by atoms with E-state index in [1.165, 1.54) is 0 Å². The van der Waals surface area contributed by atoms with Crippen molar-refractivity contribution in [3.8, 4) is 0 Å². The van der Waals surface area contributed by atoms with E-state index in [9.17, 15) is 0 Å². The van der Waals surface area contributed by atoms with E-state index in [0.717, 1.165) is 25.8 Å². The second kappa shape index (κ2) is 6.36. The molecule has 18 heavy (non-hydrogen) atoms. The predicted octanol–water partition coefficient (Wildman–Crippen LogP) is 4.51. The number of ether oxygens (including phenoxy) is 1. The van der Waals surface area contributed by atoms with Crippen LogP contribution in [0.2, 0.25) is 0 Å². The first-order chi connectivity index (χ1) is 8.65. The molecule has 0 spiro atoms. The van der Waals surface area contributed by atoms with Crippen LogP contribution < -0.4 is 5.73 Å². The summed E-state index contributed by atoms with van der Waals surface area (Å²) >= 11 is 6.81. The topological polar surface area (TPSA) is 35.2 Å². The zero-order chi connectivity index (χ0) is 13.0. The molecule has 0 unspecified atom stereocenters. The van der Waals surface area contributed by atoms with Gasteiger partial charge in [0.15, 0.2) is 0 Å². The fourth-order valence-corrected chi connectivity index (χ4v) is 2.29. The molecule has 0 bridgehead atoms. The third kappa shape index (κ3) is 3.83. The van der Waals surface area contributed by atoms with Crippen LogP contribution in [0, 0.1) is 0 Å². The summed E-state index contributed by atoms with van der Waals surface area (Å²) in [6.07, 6.45) is 0. The van der Waals surface area contributed by atoms with Crippen molar-refractivity contribution < 1.29 is 4.74 Å². The van der Waals surface area contributed by atoms with Crippen molar-refractivity contribution >= 4 is 37.5 Å². The molecule has 2 rings (SSSR count). The van der Waals surface area contributed by atoms with Gasteiger partial charge in [-0.3, -0.25) is 0 Å². The summed E-state index contributed by atoms with van der Waals surface area (Å²) in [6, 6.07) is 14.0. The average molecular weight is 371 g/mol. The van der Waals surface area contributed by atoms with Crippen LogP contribution in [0.1, 0.15) is 11.1 Å². The van der Waals surface area contributed by atoms with E-state index in [-0.39, 0.29) is 0 Å². The lowest BCUT2D eigenvalue weighted by Crippen LogP contribution is -1.96. The summed E-state index contributed by atoms with van der Waals surface area (Å²) in [5, 5.41) is 0. The van der Waals surface area contributed by atoms with Gasteiger partial charge in [0.1, 0.15) is 0 Å².